The largest absolute Gasteiger partial charge is 0.325 e. The highest BCUT2D eigenvalue weighted by molar-refractivity contribution is 5.95. The highest BCUT2D eigenvalue weighted by atomic mass is 19.1. The molecule has 1 heterocycles. The molecule has 21 heavy (non-hydrogen) atoms. The van der Waals surface area contributed by atoms with Crippen LogP contribution in [0, 0.1) is 18.7 Å². The Kier molecular flexibility index (Phi) is 4.27. The summed E-state index contributed by atoms with van der Waals surface area (Å²) in [6.07, 6.45) is 0. The molecule has 112 valence electrons. The number of carbonyl (C=O) groups excluding carboxylic acids is 1. The summed E-state index contributed by atoms with van der Waals surface area (Å²) in [5.74, 6) is -0.365. The van der Waals surface area contributed by atoms with Gasteiger partial charge in [-0.25, -0.2) is 4.39 Å². The minimum atomic E-state index is -0.631. The average molecular weight is 292 g/mol. The summed E-state index contributed by atoms with van der Waals surface area (Å²) in [4.78, 5) is 11.9. The van der Waals surface area contributed by atoms with Crippen molar-refractivity contribution in [3.8, 4) is 5.69 Å². The van der Waals surface area contributed by atoms with Crippen molar-refractivity contribution in [1.29, 1.82) is 0 Å². The van der Waals surface area contributed by atoms with Crippen LogP contribution in [-0.2, 0) is 4.79 Å². The van der Waals surface area contributed by atoms with Crippen LogP contribution in [0.25, 0.3) is 5.69 Å². The monoisotopic (exact) mass is 292 g/mol. The normalized spacial score (nSPS) is 12.5. The zero-order valence-electron chi connectivity index (χ0n) is 12.0. The SMILES string of the molecule is Cc1nnnn1-c1cc(NC(=O)[C@@H](N)C(C)C)ccc1F. The molecule has 2 aromatic rings. The van der Waals surface area contributed by atoms with Crippen LogP contribution >= 0.6 is 0 Å². The molecule has 0 aliphatic carbocycles. The third-order valence-corrected chi connectivity index (χ3v) is 3.09. The number of aromatic nitrogens is 4. The first-order chi connectivity index (χ1) is 9.90. The van der Waals surface area contributed by atoms with Gasteiger partial charge < -0.3 is 11.1 Å². The van der Waals surface area contributed by atoms with E-state index in [1.807, 2.05) is 13.8 Å². The number of benzene rings is 1. The molecule has 1 aromatic carbocycles. The third kappa shape index (κ3) is 3.22. The number of nitrogens with two attached hydrogens (primary N) is 1. The van der Waals surface area contributed by atoms with Crippen molar-refractivity contribution in [1.82, 2.24) is 20.2 Å². The summed E-state index contributed by atoms with van der Waals surface area (Å²) < 4.78 is 15.1. The Morgan fingerprint density at radius 2 is 2.14 bits per heavy atom. The number of hydrogen-bond acceptors (Lipinski definition) is 5. The Bertz CT molecular complexity index is 654. The molecule has 1 aromatic heterocycles. The molecular formula is C13H17FN6O. The van der Waals surface area contributed by atoms with E-state index in [1.165, 1.54) is 22.9 Å². The lowest BCUT2D eigenvalue weighted by Crippen LogP contribution is -2.39. The van der Waals surface area contributed by atoms with Crippen LogP contribution in [0.1, 0.15) is 19.7 Å². The van der Waals surface area contributed by atoms with Gasteiger partial charge in [-0.1, -0.05) is 13.8 Å². The van der Waals surface area contributed by atoms with E-state index in [1.54, 1.807) is 6.92 Å². The van der Waals surface area contributed by atoms with Crippen molar-refractivity contribution < 1.29 is 9.18 Å². The lowest BCUT2D eigenvalue weighted by Gasteiger charge is -2.16. The van der Waals surface area contributed by atoms with E-state index in [2.05, 4.69) is 20.8 Å². The first kappa shape index (κ1) is 15.0. The second-order valence-corrected chi connectivity index (χ2v) is 5.06. The molecule has 3 N–H and O–H groups in total. The van der Waals surface area contributed by atoms with E-state index in [-0.39, 0.29) is 17.5 Å². The summed E-state index contributed by atoms with van der Waals surface area (Å²) in [6, 6.07) is 3.54. The molecule has 0 fully saturated rings. The van der Waals surface area contributed by atoms with Crippen LogP contribution in [0.15, 0.2) is 18.2 Å². The topological polar surface area (TPSA) is 98.7 Å². The Morgan fingerprint density at radius 1 is 1.43 bits per heavy atom. The molecule has 0 aliphatic heterocycles. The molecule has 1 amide bonds. The highest BCUT2D eigenvalue weighted by Gasteiger charge is 2.18. The zero-order chi connectivity index (χ0) is 15.6. The molecular weight excluding hydrogens is 275 g/mol. The van der Waals surface area contributed by atoms with Crippen LogP contribution in [0.5, 0.6) is 0 Å². The van der Waals surface area contributed by atoms with E-state index in [0.29, 0.717) is 11.5 Å². The molecule has 7 nitrogen and oxygen atoms in total. The molecule has 0 aliphatic rings. The summed E-state index contributed by atoms with van der Waals surface area (Å²) in [6.45, 7) is 5.36. The van der Waals surface area contributed by atoms with Crippen LogP contribution < -0.4 is 11.1 Å². The zero-order valence-corrected chi connectivity index (χ0v) is 12.0. The van der Waals surface area contributed by atoms with Crippen LogP contribution in [-0.4, -0.2) is 32.2 Å². The summed E-state index contributed by atoms with van der Waals surface area (Å²) in [7, 11) is 0. The van der Waals surface area contributed by atoms with Crippen molar-refractivity contribution in [2.75, 3.05) is 5.32 Å². The molecule has 0 spiro atoms. The number of nitrogens with zero attached hydrogens (tertiary/aromatic N) is 4. The van der Waals surface area contributed by atoms with Gasteiger partial charge in [-0.2, -0.15) is 4.68 Å². The molecule has 8 heteroatoms. The van der Waals surface area contributed by atoms with Gasteiger partial charge in [0.2, 0.25) is 5.91 Å². The van der Waals surface area contributed by atoms with Gasteiger partial charge in [-0.3, -0.25) is 4.79 Å². The molecule has 0 radical (unpaired) electrons. The number of nitrogens with one attached hydrogen (secondary N) is 1. The lowest BCUT2D eigenvalue weighted by atomic mass is 10.0. The standard InChI is InChI=1S/C13H17FN6O/c1-7(2)12(15)13(21)16-9-4-5-10(14)11(6-9)20-8(3)17-18-19-20/h4-7,12H,15H2,1-3H3,(H,16,21)/t12-/m0/s1. The van der Waals surface area contributed by atoms with Crippen LogP contribution in [0.4, 0.5) is 10.1 Å². The third-order valence-electron chi connectivity index (χ3n) is 3.09. The van der Waals surface area contributed by atoms with E-state index in [4.69, 9.17) is 5.73 Å². The Morgan fingerprint density at radius 3 is 2.71 bits per heavy atom. The van der Waals surface area contributed by atoms with Crippen molar-refractivity contribution >= 4 is 11.6 Å². The Balaban J connectivity index is 2.28. The summed E-state index contributed by atoms with van der Waals surface area (Å²) in [5, 5.41) is 13.5. The fraction of sp³-hybridized carbons (Fsp3) is 0.385. The Hall–Kier alpha value is -2.35. The van der Waals surface area contributed by atoms with E-state index >= 15 is 0 Å². The quantitative estimate of drug-likeness (QED) is 0.877. The predicted molar refractivity (Wildman–Crippen MR) is 75.3 cm³/mol. The van der Waals surface area contributed by atoms with Gasteiger partial charge in [0.25, 0.3) is 0 Å². The number of carbonyl (C=O) groups is 1. The van der Waals surface area contributed by atoms with Gasteiger partial charge in [0.15, 0.2) is 5.82 Å². The molecule has 0 saturated heterocycles. The molecule has 0 saturated carbocycles. The number of rotatable bonds is 4. The smallest absolute Gasteiger partial charge is 0.241 e. The highest BCUT2D eigenvalue weighted by Crippen LogP contribution is 2.19. The van der Waals surface area contributed by atoms with E-state index in [9.17, 15) is 9.18 Å². The van der Waals surface area contributed by atoms with Gasteiger partial charge in [0.05, 0.1) is 6.04 Å². The van der Waals surface area contributed by atoms with Gasteiger partial charge >= 0.3 is 0 Å². The van der Waals surface area contributed by atoms with Crippen molar-refractivity contribution in [2.45, 2.75) is 26.8 Å². The maximum atomic E-state index is 13.9. The molecule has 1 atom stereocenters. The van der Waals surface area contributed by atoms with Crippen molar-refractivity contribution in [2.24, 2.45) is 11.7 Å². The number of amides is 1. The fourth-order valence-electron chi connectivity index (χ4n) is 1.74. The molecule has 0 bridgehead atoms. The fourth-order valence-corrected chi connectivity index (χ4v) is 1.74. The molecule has 2 rings (SSSR count). The van der Waals surface area contributed by atoms with E-state index < -0.39 is 11.9 Å². The maximum Gasteiger partial charge on any atom is 0.241 e. The maximum absolute atomic E-state index is 13.9. The number of anilines is 1. The average Bonchev–Trinajstić information content (AvgIpc) is 2.86. The van der Waals surface area contributed by atoms with Crippen LogP contribution in [0.3, 0.4) is 0 Å². The van der Waals surface area contributed by atoms with Crippen molar-refractivity contribution in [3.05, 3.63) is 29.8 Å². The van der Waals surface area contributed by atoms with Crippen LogP contribution in [0.2, 0.25) is 0 Å². The first-order valence-electron chi connectivity index (χ1n) is 6.51. The van der Waals surface area contributed by atoms with Crippen molar-refractivity contribution in [3.63, 3.8) is 0 Å². The minimum absolute atomic E-state index is 0.00618. The molecule has 0 unspecified atom stereocenters. The minimum Gasteiger partial charge on any atom is -0.325 e. The Labute approximate surface area is 121 Å². The number of aryl methyl sites for hydroxylation is 1. The predicted octanol–water partition coefficient (Wildman–Crippen LogP) is 1.03. The van der Waals surface area contributed by atoms with Gasteiger partial charge in [-0.15, -0.1) is 5.10 Å². The number of hydrogen-bond donors (Lipinski definition) is 2. The van der Waals surface area contributed by atoms with Gasteiger partial charge in [0, 0.05) is 5.69 Å². The van der Waals surface area contributed by atoms with Gasteiger partial charge in [-0.05, 0) is 41.5 Å². The second kappa shape index (κ2) is 5.96. The lowest BCUT2D eigenvalue weighted by molar-refractivity contribution is -0.118. The summed E-state index contributed by atoms with van der Waals surface area (Å²) >= 11 is 0. The first-order valence-corrected chi connectivity index (χ1v) is 6.51. The van der Waals surface area contributed by atoms with E-state index in [0.717, 1.165) is 0 Å². The number of tetrazole rings is 1. The summed E-state index contributed by atoms with van der Waals surface area (Å²) in [5.41, 5.74) is 6.36. The number of halogens is 1. The second-order valence-electron chi connectivity index (χ2n) is 5.06. The van der Waals surface area contributed by atoms with Gasteiger partial charge in [0.1, 0.15) is 11.5 Å².